The van der Waals surface area contributed by atoms with E-state index in [1.165, 1.54) is 11.3 Å². The van der Waals surface area contributed by atoms with Gasteiger partial charge in [0.05, 0.1) is 0 Å². The first kappa shape index (κ1) is 15.6. The van der Waals surface area contributed by atoms with E-state index in [-0.39, 0.29) is 0 Å². The Labute approximate surface area is 129 Å². The summed E-state index contributed by atoms with van der Waals surface area (Å²) in [5, 5.41) is 9.28. The molecule has 0 amide bonds. The predicted octanol–water partition coefficient (Wildman–Crippen LogP) is 4.59. The van der Waals surface area contributed by atoms with Gasteiger partial charge in [-0.15, -0.1) is 11.3 Å². The first-order chi connectivity index (χ1) is 10.0. The SMILES string of the molecule is CCCc1cc(OCc2c(C)cccc2C)c(C(=O)O)s1. The smallest absolute Gasteiger partial charge is 0.349 e. The second kappa shape index (κ2) is 6.76. The normalized spacial score (nSPS) is 10.6. The Morgan fingerprint density at radius 1 is 1.29 bits per heavy atom. The second-order valence-electron chi connectivity index (χ2n) is 5.12. The Kier molecular flexibility index (Phi) is 5.02. The van der Waals surface area contributed by atoms with Crippen molar-refractivity contribution in [1.82, 2.24) is 0 Å². The highest BCUT2D eigenvalue weighted by Gasteiger charge is 2.17. The molecule has 0 atom stereocenters. The Hall–Kier alpha value is -1.81. The lowest BCUT2D eigenvalue weighted by molar-refractivity contribution is 0.0697. The first-order valence-electron chi connectivity index (χ1n) is 7.06. The van der Waals surface area contributed by atoms with Gasteiger partial charge < -0.3 is 9.84 Å². The van der Waals surface area contributed by atoms with Gasteiger partial charge in [-0.3, -0.25) is 0 Å². The van der Waals surface area contributed by atoms with Crippen molar-refractivity contribution in [2.45, 2.75) is 40.2 Å². The molecule has 0 fully saturated rings. The molecule has 0 aliphatic heterocycles. The van der Waals surface area contributed by atoms with Crippen LogP contribution in [0.3, 0.4) is 0 Å². The highest BCUT2D eigenvalue weighted by Crippen LogP contribution is 2.31. The van der Waals surface area contributed by atoms with Crippen molar-refractivity contribution in [2.24, 2.45) is 0 Å². The van der Waals surface area contributed by atoms with E-state index in [1.54, 1.807) is 0 Å². The molecule has 0 saturated carbocycles. The van der Waals surface area contributed by atoms with Crippen molar-refractivity contribution in [3.63, 3.8) is 0 Å². The molecule has 1 heterocycles. The maximum atomic E-state index is 11.3. The average Bonchev–Trinajstić information content (AvgIpc) is 2.82. The number of rotatable bonds is 6. The molecule has 4 heteroatoms. The second-order valence-corrected chi connectivity index (χ2v) is 6.26. The number of carboxylic acids is 1. The summed E-state index contributed by atoms with van der Waals surface area (Å²) in [6.45, 7) is 6.57. The Balaban J connectivity index is 2.21. The minimum atomic E-state index is -0.918. The summed E-state index contributed by atoms with van der Waals surface area (Å²) >= 11 is 1.31. The van der Waals surface area contributed by atoms with E-state index in [1.807, 2.05) is 38.1 Å². The number of thiophene rings is 1. The van der Waals surface area contributed by atoms with Crippen LogP contribution in [0, 0.1) is 13.8 Å². The third kappa shape index (κ3) is 3.64. The molecule has 0 saturated heterocycles. The predicted molar refractivity (Wildman–Crippen MR) is 85.5 cm³/mol. The van der Waals surface area contributed by atoms with Crippen LogP contribution in [0.2, 0.25) is 0 Å². The minimum absolute atomic E-state index is 0.296. The van der Waals surface area contributed by atoms with Gasteiger partial charge in [0.2, 0.25) is 0 Å². The summed E-state index contributed by atoms with van der Waals surface area (Å²) in [7, 11) is 0. The molecule has 2 rings (SSSR count). The van der Waals surface area contributed by atoms with E-state index in [0.717, 1.165) is 34.4 Å². The molecule has 0 spiro atoms. The highest BCUT2D eigenvalue weighted by molar-refractivity contribution is 7.14. The van der Waals surface area contributed by atoms with Crippen LogP contribution in [0.1, 0.15) is 44.6 Å². The number of aromatic carboxylic acids is 1. The third-order valence-electron chi connectivity index (χ3n) is 3.46. The van der Waals surface area contributed by atoms with Crippen molar-refractivity contribution in [2.75, 3.05) is 0 Å². The first-order valence-corrected chi connectivity index (χ1v) is 7.88. The Morgan fingerprint density at radius 2 is 1.95 bits per heavy atom. The quantitative estimate of drug-likeness (QED) is 0.848. The number of carbonyl (C=O) groups is 1. The molecule has 1 aromatic heterocycles. The molecule has 1 N–H and O–H groups in total. The molecule has 21 heavy (non-hydrogen) atoms. The zero-order valence-corrected chi connectivity index (χ0v) is 13.4. The zero-order chi connectivity index (χ0) is 15.4. The molecule has 0 unspecified atom stereocenters. The molecule has 2 aromatic rings. The van der Waals surface area contributed by atoms with E-state index in [0.29, 0.717) is 17.2 Å². The Bertz CT molecular complexity index is 623. The van der Waals surface area contributed by atoms with Crippen molar-refractivity contribution in [1.29, 1.82) is 0 Å². The summed E-state index contributed by atoms with van der Waals surface area (Å²) in [4.78, 5) is 12.7. The molecule has 0 radical (unpaired) electrons. The lowest BCUT2D eigenvalue weighted by atomic mass is 10.0. The average molecular weight is 304 g/mol. The van der Waals surface area contributed by atoms with Crippen molar-refractivity contribution < 1.29 is 14.6 Å². The van der Waals surface area contributed by atoms with Crippen LogP contribution < -0.4 is 4.74 Å². The lowest BCUT2D eigenvalue weighted by Gasteiger charge is -2.11. The monoisotopic (exact) mass is 304 g/mol. The van der Waals surface area contributed by atoms with Gasteiger partial charge in [-0.25, -0.2) is 4.79 Å². The van der Waals surface area contributed by atoms with Gasteiger partial charge in [0.25, 0.3) is 0 Å². The standard InChI is InChI=1S/C17H20O3S/c1-4-6-13-9-15(16(21-13)17(18)19)20-10-14-11(2)7-5-8-12(14)3/h5,7-9H,4,6,10H2,1-3H3,(H,18,19). The summed E-state index contributed by atoms with van der Waals surface area (Å²) < 4.78 is 5.80. The van der Waals surface area contributed by atoms with Crippen LogP contribution in [0.15, 0.2) is 24.3 Å². The van der Waals surface area contributed by atoms with E-state index in [9.17, 15) is 9.90 Å². The van der Waals surface area contributed by atoms with Gasteiger partial charge in [-0.05, 0) is 43.0 Å². The van der Waals surface area contributed by atoms with Gasteiger partial charge in [0.15, 0.2) is 4.88 Å². The lowest BCUT2D eigenvalue weighted by Crippen LogP contribution is -2.03. The fourth-order valence-corrected chi connectivity index (χ4v) is 3.32. The number of carboxylic acid groups (broad SMARTS) is 1. The third-order valence-corrected chi connectivity index (χ3v) is 4.62. The van der Waals surface area contributed by atoms with Gasteiger partial charge in [-0.1, -0.05) is 31.5 Å². The van der Waals surface area contributed by atoms with E-state index in [2.05, 4.69) is 6.92 Å². The van der Waals surface area contributed by atoms with Gasteiger partial charge in [0, 0.05) is 4.88 Å². The molecule has 0 bridgehead atoms. The number of hydrogen-bond donors (Lipinski definition) is 1. The highest BCUT2D eigenvalue weighted by atomic mass is 32.1. The molecular formula is C17H20O3S. The fourth-order valence-electron chi connectivity index (χ4n) is 2.28. The largest absolute Gasteiger partial charge is 0.487 e. The number of aryl methyl sites for hydroxylation is 3. The number of benzene rings is 1. The van der Waals surface area contributed by atoms with Crippen molar-refractivity contribution in [3.05, 3.63) is 50.7 Å². The summed E-state index contributed by atoms with van der Waals surface area (Å²) in [6, 6.07) is 7.96. The van der Waals surface area contributed by atoms with Crippen LogP contribution in [-0.4, -0.2) is 11.1 Å². The topological polar surface area (TPSA) is 46.5 Å². The minimum Gasteiger partial charge on any atom is -0.487 e. The molecule has 0 aliphatic carbocycles. The van der Waals surface area contributed by atoms with E-state index in [4.69, 9.17) is 4.74 Å². The zero-order valence-electron chi connectivity index (χ0n) is 12.6. The molecule has 112 valence electrons. The Morgan fingerprint density at radius 3 is 2.52 bits per heavy atom. The van der Waals surface area contributed by atoms with Gasteiger partial charge in [0.1, 0.15) is 12.4 Å². The summed E-state index contributed by atoms with van der Waals surface area (Å²) in [5.74, 6) is -0.433. The van der Waals surface area contributed by atoms with Crippen molar-refractivity contribution in [3.8, 4) is 5.75 Å². The molecule has 1 aromatic carbocycles. The van der Waals surface area contributed by atoms with Crippen LogP contribution in [0.5, 0.6) is 5.75 Å². The van der Waals surface area contributed by atoms with Crippen LogP contribution in [0.4, 0.5) is 0 Å². The van der Waals surface area contributed by atoms with E-state index >= 15 is 0 Å². The van der Waals surface area contributed by atoms with Gasteiger partial charge >= 0.3 is 5.97 Å². The summed E-state index contributed by atoms with van der Waals surface area (Å²) in [5.41, 5.74) is 3.45. The molecule has 0 aliphatic rings. The van der Waals surface area contributed by atoms with Crippen LogP contribution in [-0.2, 0) is 13.0 Å². The molecular weight excluding hydrogens is 284 g/mol. The maximum Gasteiger partial charge on any atom is 0.349 e. The summed E-state index contributed by atoms with van der Waals surface area (Å²) in [6.07, 6.45) is 1.88. The number of hydrogen-bond acceptors (Lipinski definition) is 3. The van der Waals surface area contributed by atoms with Gasteiger partial charge in [-0.2, -0.15) is 0 Å². The van der Waals surface area contributed by atoms with Crippen LogP contribution in [0.25, 0.3) is 0 Å². The number of ether oxygens (including phenoxy) is 1. The van der Waals surface area contributed by atoms with Crippen molar-refractivity contribution >= 4 is 17.3 Å². The molecule has 3 nitrogen and oxygen atoms in total. The van der Waals surface area contributed by atoms with Crippen LogP contribution >= 0.6 is 11.3 Å². The maximum absolute atomic E-state index is 11.3. The fraction of sp³-hybridized carbons (Fsp3) is 0.353. The van der Waals surface area contributed by atoms with E-state index < -0.39 is 5.97 Å².